The molecular weight excluding hydrogens is 413 g/mol. The van der Waals surface area contributed by atoms with Crippen LogP contribution < -0.4 is 4.74 Å². The Morgan fingerprint density at radius 1 is 1.16 bits per heavy atom. The molecule has 2 heterocycles. The van der Waals surface area contributed by atoms with E-state index in [2.05, 4.69) is 5.10 Å². The lowest BCUT2D eigenvalue weighted by Gasteiger charge is -2.23. The van der Waals surface area contributed by atoms with E-state index in [1.807, 2.05) is 24.3 Å². The van der Waals surface area contributed by atoms with Gasteiger partial charge in [-0.3, -0.25) is 9.59 Å². The lowest BCUT2D eigenvalue weighted by Crippen LogP contribution is -2.39. The van der Waals surface area contributed by atoms with Crippen LogP contribution in [-0.2, 0) is 4.79 Å². The van der Waals surface area contributed by atoms with E-state index in [0.717, 1.165) is 11.3 Å². The molecule has 2 amide bonds. The first-order valence-electron chi connectivity index (χ1n) is 10.0. The van der Waals surface area contributed by atoms with Crippen LogP contribution in [0.1, 0.15) is 34.1 Å². The number of carbonyl (C=O) groups excluding carboxylic acids is 2. The fourth-order valence-corrected chi connectivity index (χ4v) is 3.59. The van der Waals surface area contributed by atoms with E-state index in [9.17, 15) is 14.0 Å². The van der Waals surface area contributed by atoms with Crippen molar-refractivity contribution in [3.63, 3.8) is 0 Å². The minimum Gasteiger partial charge on any atom is -0.497 e. The number of rotatable bonds is 6. The maximum Gasteiger partial charge on any atom is 0.262 e. The summed E-state index contributed by atoms with van der Waals surface area (Å²) < 4.78 is 24.7. The Kier molecular flexibility index (Phi) is 6.02. The molecule has 0 radical (unpaired) electrons. The fourth-order valence-electron chi connectivity index (χ4n) is 3.59. The van der Waals surface area contributed by atoms with Crippen LogP contribution in [0.4, 0.5) is 4.39 Å². The second-order valence-corrected chi connectivity index (χ2v) is 7.39. The molecule has 1 aliphatic heterocycles. The van der Waals surface area contributed by atoms with Crippen molar-refractivity contribution >= 4 is 17.5 Å². The molecule has 3 aromatic rings. The summed E-state index contributed by atoms with van der Waals surface area (Å²) in [6.07, 6.45) is 1.99. The molecule has 0 bridgehead atoms. The summed E-state index contributed by atoms with van der Waals surface area (Å²) >= 11 is 0. The van der Waals surface area contributed by atoms with Crippen LogP contribution in [0, 0.1) is 5.82 Å². The molecule has 4 rings (SSSR count). The van der Waals surface area contributed by atoms with Gasteiger partial charge in [0, 0.05) is 13.5 Å². The molecule has 164 valence electrons. The second kappa shape index (κ2) is 9.05. The highest BCUT2D eigenvalue weighted by atomic mass is 19.1. The molecule has 0 N–H and O–H groups in total. The van der Waals surface area contributed by atoms with Crippen LogP contribution in [0.3, 0.4) is 0 Å². The Morgan fingerprint density at radius 3 is 2.56 bits per heavy atom. The molecule has 0 unspecified atom stereocenters. The van der Waals surface area contributed by atoms with Crippen molar-refractivity contribution in [2.24, 2.45) is 5.10 Å². The molecule has 0 aliphatic carbocycles. The maximum atomic E-state index is 14.0. The fraction of sp³-hybridized carbons (Fsp3) is 0.208. The van der Waals surface area contributed by atoms with Crippen LogP contribution in [-0.4, -0.2) is 48.1 Å². The van der Waals surface area contributed by atoms with E-state index in [4.69, 9.17) is 9.15 Å². The molecule has 7 nitrogen and oxygen atoms in total. The topological polar surface area (TPSA) is 75.3 Å². The first kappa shape index (κ1) is 21.3. The Labute approximate surface area is 184 Å². The highest BCUT2D eigenvalue weighted by Gasteiger charge is 2.35. The van der Waals surface area contributed by atoms with Gasteiger partial charge in [-0.2, -0.15) is 5.10 Å². The summed E-state index contributed by atoms with van der Waals surface area (Å²) in [6.45, 7) is -0.260. The normalized spacial score (nSPS) is 15.4. The van der Waals surface area contributed by atoms with Crippen molar-refractivity contribution in [3.8, 4) is 5.75 Å². The molecule has 2 aromatic carbocycles. The highest BCUT2D eigenvalue weighted by Crippen LogP contribution is 2.33. The number of hydrazone groups is 1. The number of likely N-dealkylation sites (N-methyl/N-ethyl adjacent to an activating group) is 1. The minimum atomic E-state index is -0.633. The monoisotopic (exact) mass is 435 g/mol. The highest BCUT2D eigenvalue weighted by molar-refractivity contribution is 6.03. The summed E-state index contributed by atoms with van der Waals surface area (Å²) in [7, 11) is 3.05. The summed E-state index contributed by atoms with van der Waals surface area (Å²) in [5.74, 6) is -0.303. The zero-order valence-corrected chi connectivity index (χ0v) is 17.7. The van der Waals surface area contributed by atoms with Gasteiger partial charge in [0.2, 0.25) is 0 Å². The number of nitrogens with zero attached hydrogens (tertiary/aromatic N) is 3. The second-order valence-electron chi connectivity index (χ2n) is 7.39. The average molecular weight is 435 g/mol. The number of hydrogen-bond acceptors (Lipinski definition) is 5. The maximum absolute atomic E-state index is 14.0. The van der Waals surface area contributed by atoms with E-state index in [0.29, 0.717) is 17.9 Å². The largest absolute Gasteiger partial charge is 0.497 e. The lowest BCUT2D eigenvalue weighted by atomic mass is 10.0. The van der Waals surface area contributed by atoms with E-state index in [-0.39, 0.29) is 12.1 Å². The average Bonchev–Trinajstić information content (AvgIpc) is 3.49. The molecule has 0 saturated heterocycles. The standard InChI is InChI=1S/C24H22FN3O4/c1-27(24(30)18-6-3-4-7-19(18)25)15-23(29)28-21(22-8-5-13-32-22)14-20(26-28)16-9-11-17(31-2)12-10-16/h3-13,21H,14-15H2,1-2H3/t21-/m1/s1. The lowest BCUT2D eigenvalue weighted by molar-refractivity contribution is -0.133. The van der Waals surface area contributed by atoms with Crippen LogP contribution in [0.5, 0.6) is 5.75 Å². The van der Waals surface area contributed by atoms with Gasteiger partial charge in [-0.25, -0.2) is 9.40 Å². The Morgan fingerprint density at radius 2 is 1.91 bits per heavy atom. The minimum absolute atomic E-state index is 0.0887. The van der Waals surface area contributed by atoms with Crippen LogP contribution in [0.25, 0.3) is 0 Å². The molecule has 0 fully saturated rings. The first-order chi connectivity index (χ1) is 15.5. The van der Waals surface area contributed by atoms with Crippen LogP contribution in [0.2, 0.25) is 0 Å². The number of methoxy groups -OCH3 is 1. The number of ether oxygens (including phenoxy) is 1. The van der Waals surface area contributed by atoms with Gasteiger partial charge in [-0.05, 0) is 54.1 Å². The summed E-state index contributed by atoms with van der Waals surface area (Å²) in [6, 6.07) is 16.2. The van der Waals surface area contributed by atoms with Gasteiger partial charge in [-0.1, -0.05) is 12.1 Å². The van der Waals surface area contributed by atoms with Crippen LogP contribution >= 0.6 is 0 Å². The van der Waals surface area contributed by atoms with E-state index < -0.39 is 23.7 Å². The van der Waals surface area contributed by atoms with Gasteiger partial charge in [0.05, 0.1) is 24.6 Å². The van der Waals surface area contributed by atoms with Crippen molar-refractivity contribution in [2.45, 2.75) is 12.5 Å². The number of amides is 2. The van der Waals surface area contributed by atoms with E-state index >= 15 is 0 Å². The smallest absolute Gasteiger partial charge is 0.262 e. The van der Waals surface area contributed by atoms with Crippen molar-refractivity contribution in [3.05, 3.63) is 89.6 Å². The summed E-state index contributed by atoms with van der Waals surface area (Å²) in [5, 5.41) is 5.88. The van der Waals surface area contributed by atoms with Crippen molar-refractivity contribution in [1.29, 1.82) is 0 Å². The molecule has 32 heavy (non-hydrogen) atoms. The molecule has 1 aliphatic rings. The quantitative estimate of drug-likeness (QED) is 0.589. The Hall–Kier alpha value is -3.94. The number of halogens is 1. The van der Waals surface area contributed by atoms with Gasteiger partial charge < -0.3 is 14.1 Å². The third kappa shape index (κ3) is 4.25. The molecule has 1 aromatic heterocycles. The first-order valence-corrected chi connectivity index (χ1v) is 10.0. The van der Waals surface area contributed by atoms with E-state index in [1.165, 1.54) is 41.4 Å². The summed E-state index contributed by atoms with van der Waals surface area (Å²) in [4.78, 5) is 26.9. The molecule has 0 saturated carbocycles. The van der Waals surface area contributed by atoms with Crippen molar-refractivity contribution < 1.29 is 23.1 Å². The molecule has 0 spiro atoms. The van der Waals surface area contributed by atoms with Gasteiger partial charge in [0.15, 0.2) is 0 Å². The van der Waals surface area contributed by atoms with Crippen molar-refractivity contribution in [1.82, 2.24) is 9.91 Å². The summed E-state index contributed by atoms with van der Waals surface area (Å²) in [5.41, 5.74) is 1.48. The molecular formula is C24H22FN3O4. The Bertz CT molecular complexity index is 1140. The molecule has 8 heteroatoms. The number of carbonyl (C=O) groups is 2. The zero-order valence-electron chi connectivity index (χ0n) is 17.7. The van der Waals surface area contributed by atoms with E-state index in [1.54, 1.807) is 25.3 Å². The number of furan rings is 1. The van der Waals surface area contributed by atoms with Crippen molar-refractivity contribution in [2.75, 3.05) is 20.7 Å². The third-order valence-corrected chi connectivity index (χ3v) is 5.28. The zero-order chi connectivity index (χ0) is 22.7. The van der Waals surface area contributed by atoms with Gasteiger partial charge >= 0.3 is 0 Å². The van der Waals surface area contributed by atoms with Gasteiger partial charge in [0.1, 0.15) is 29.9 Å². The van der Waals surface area contributed by atoms with Gasteiger partial charge in [-0.15, -0.1) is 0 Å². The van der Waals surface area contributed by atoms with Crippen LogP contribution in [0.15, 0.2) is 76.4 Å². The Balaban J connectivity index is 1.56. The predicted octanol–water partition coefficient (Wildman–Crippen LogP) is 3.88. The molecule has 1 atom stereocenters. The van der Waals surface area contributed by atoms with Gasteiger partial charge in [0.25, 0.3) is 11.8 Å². The SMILES string of the molecule is COc1ccc(C2=NN(C(=O)CN(C)C(=O)c3ccccc3F)[C@@H](c3ccco3)C2)cc1. The number of hydrogen-bond donors (Lipinski definition) is 0. The predicted molar refractivity (Wildman–Crippen MR) is 116 cm³/mol. The third-order valence-electron chi connectivity index (χ3n) is 5.28. The number of benzene rings is 2.